The van der Waals surface area contributed by atoms with Crippen LogP contribution in [-0.4, -0.2) is 19.8 Å². The van der Waals surface area contributed by atoms with Crippen LogP contribution < -0.4 is 10.6 Å². The van der Waals surface area contributed by atoms with Crippen LogP contribution >= 0.6 is 35.4 Å². The molecule has 0 radical (unpaired) electrons. The van der Waals surface area contributed by atoms with Gasteiger partial charge in [-0.3, -0.25) is 14.8 Å². The van der Waals surface area contributed by atoms with Crippen LogP contribution in [0.3, 0.4) is 0 Å². The van der Waals surface area contributed by atoms with Crippen LogP contribution in [0.4, 0.5) is 21.6 Å². The van der Waals surface area contributed by atoms with E-state index in [4.69, 9.17) is 35.4 Å². The van der Waals surface area contributed by atoms with Crippen LogP contribution in [0.2, 0.25) is 10.0 Å². The normalized spacial score (nSPS) is 10.5. The lowest BCUT2D eigenvalue weighted by atomic mass is 10.2. The van der Waals surface area contributed by atoms with E-state index in [9.17, 15) is 14.5 Å². The van der Waals surface area contributed by atoms with Gasteiger partial charge >= 0.3 is 0 Å². The molecule has 0 saturated heterocycles. The minimum atomic E-state index is -0.491. The molecule has 3 aromatic rings. The molecule has 2 aromatic carbocycles. The van der Waals surface area contributed by atoms with Crippen molar-refractivity contribution >= 4 is 57.7 Å². The van der Waals surface area contributed by atoms with Crippen molar-refractivity contribution in [3.8, 4) is 0 Å². The van der Waals surface area contributed by atoms with Gasteiger partial charge in [-0.25, -0.2) is 4.39 Å². The highest BCUT2D eigenvalue weighted by Crippen LogP contribution is 2.24. The molecule has 0 spiro atoms. The third-order valence-electron chi connectivity index (χ3n) is 3.67. The molecule has 0 saturated carbocycles. The van der Waals surface area contributed by atoms with E-state index >= 15 is 0 Å². The Bertz CT molecular complexity index is 1020. The van der Waals surface area contributed by atoms with Crippen molar-refractivity contribution in [3.63, 3.8) is 0 Å². The lowest BCUT2D eigenvalue weighted by Gasteiger charge is -2.09. The van der Waals surface area contributed by atoms with E-state index in [2.05, 4.69) is 15.7 Å². The van der Waals surface area contributed by atoms with Gasteiger partial charge in [0.15, 0.2) is 10.9 Å². The zero-order chi connectivity index (χ0) is 20.3. The number of anilines is 2. The van der Waals surface area contributed by atoms with Crippen molar-refractivity contribution < 1.29 is 9.31 Å². The lowest BCUT2D eigenvalue weighted by molar-refractivity contribution is -0.384. The molecule has 0 aliphatic heterocycles. The monoisotopic (exact) mass is 439 g/mol. The Morgan fingerprint density at radius 2 is 1.89 bits per heavy atom. The topological polar surface area (TPSA) is 85.0 Å². The molecule has 3 rings (SSSR count). The molecule has 0 aliphatic carbocycles. The van der Waals surface area contributed by atoms with Gasteiger partial charge in [-0.1, -0.05) is 29.3 Å². The van der Waals surface area contributed by atoms with Gasteiger partial charge in [0.25, 0.3) is 5.69 Å². The summed E-state index contributed by atoms with van der Waals surface area (Å²) in [6, 6.07) is 10.2. The third-order valence-corrected chi connectivity index (χ3v) is 4.50. The second-order valence-electron chi connectivity index (χ2n) is 5.61. The van der Waals surface area contributed by atoms with Crippen LogP contribution in [0.5, 0.6) is 0 Å². The highest BCUT2D eigenvalue weighted by Gasteiger charge is 2.13. The van der Waals surface area contributed by atoms with Gasteiger partial charge in [-0.2, -0.15) is 5.10 Å². The summed E-state index contributed by atoms with van der Waals surface area (Å²) in [7, 11) is 0. The summed E-state index contributed by atoms with van der Waals surface area (Å²) in [5.74, 6) is -0.169. The summed E-state index contributed by atoms with van der Waals surface area (Å²) < 4.78 is 15.4. The summed E-state index contributed by atoms with van der Waals surface area (Å²) in [6.07, 6.45) is 1.52. The molecule has 7 nitrogen and oxygen atoms in total. The fourth-order valence-corrected chi connectivity index (χ4v) is 2.98. The van der Waals surface area contributed by atoms with Crippen LogP contribution in [0, 0.1) is 15.9 Å². The maximum absolute atomic E-state index is 13.9. The zero-order valence-corrected chi connectivity index (χ0v) is 16.4. The van der Waals surface area contributed by atoms with Crippen LogP contribution in [0.15, 0.2) is 48.7 Å². The summed E-state index contributed by atoms with van der Waals surface area (Å²) in [6.45, 7) is 0.0927. The number of halogens is 3. The minimum absolute atomic E-state index is 0.0296. The summed E-state index contributed by atoms with van der Waals surface area (Å²) >= 11 is 17.4. The second kappa shape index (κ2) is 8.51. The Labute approximate surface area is 174 Å². The van der Waals surface area contributed by atoms with Crippen molar-refractivity contribution in [1.29, 1.82) is 0 Å². The predicted octanol–water partition coefficient (Wildman–Crippen LogP) is 5.09. The number of nitro benzene ring substituents is 1. The number of nitrogens with one attached hydrogen (secondary N) is 2. The van der Waals surface area contributed by atoms with Crippen molar-refractivity contribution in [2.24, 2.45) is 0 Å². The molecular formula is C17H12Cl2FN5O2S. The molecule has 0 fully saturated rings. The maximum Gasteiger partial charge on any atom is 0.269 e. The molecule has 0 atom stereocenters. The van der Waals surface area contributed by atoms with E-state index in [0.29, 0.717) is 11.3 Å². The minimum Gasteiger partial charge on any atom is -0.332 e. The van der Waals surface area contributed by atoms with Gasteiger partial charge in [0.05, 0.1) is 11.5 Å². The first-order valence-corrected chi connectivity index (χ1v) is 8.98. The van der Waals surface area contributed by atoms with Gasteiger partial charge in [0.2, 0.25) is 0 Å². The first-order valence-electron chi connectivity index (χ1n) is 7.82. The fourth-order valence-electron chi connectivity index (χ4n) is 2.34. The number of thiocarbonyl (C=S) groups is 1. The van der Waals surface area contributed by atoms with E-state index in [-0.39, 0.29) is 33.2 Å². The SMILES string of the molecule is O=[N+]([O-])c1ccc(NC(=S)Nc2nn(Cc3c(F)cccc3Cl)cc2Cl)cc1. The molecule has 144 valence electrons. The molecule has 1 heterocycles. The number of non-ortho nitro benzene ring substituents is 1. The Morgan fingerprint density at radius 1 is 1.18 bits per heavy atom. The zero-order valence-electron chi connectivity index (χ0n) is 14.0. The molecule has 0 unspecified atom stereocenters. The van der Waals surface area contributed by atoms with E-state index in [0.717, 1.165) is 0 Å². The van der Waals surface area contributed by atoms with Crippen molar-refractivity contribution in [2.75, 3.05) is 10.6 Å². The first-order chi connectivity index (χ1) is 13.3. The van der Waals surface area contributed by atoms with Crippen LogP contribution in [-0.2, 0) is 6.54 Å². The molecule has 0 aliphatic rings. The van der Waals surface area contributed by atoms with Crippen LogP contribution in [0.1, 0.15) is 5.56 Å². The standard InChI is InChI=1S/C17H12Cl2FN5O2S/c18-13-2-1-3-15(20)12(13)8-24-9-14(19)16(23-24)22-17(28)21-10-4-6-11(7-5-10)25(26)27/h1-7,9H,8H2,(H2,21,22,23,28). The van der Waals surface area contributed by atoms with Gasteiger partial charge in [-0.15, -0.1) is 0 Å². The van der Waals surface area contributed by atoms with E-state index in [1.54, 1.807) is 6.07 Å². The fraction of sp³-hybridized carbons (Fsp3) is 0.0588. The molecule has 11 heteroatoms. The Balaban J connectivity index is 1.67. The highest BCUT2D eigenvalue weighted by atomic mass is 35.5. The summed E-state index contributed by atoms with van der Waals surface area (Å²) in [4.78, 5) is 10.2. The highest BCUT2D eigenvalue weighted by molar-refractivity contribution is 7.80. The molecular weight excluding hydrogens is 428 g/mol. The van der Waals surface area contributed by atoms with Gasteiger partial charge in [0.1, 0.15) is 10.8 Å². The van der Waals surface area contributed by atoms with E-state index < -0.39 is 10.7 Å². The van der Waals surface area contributed by atoms with Crippen molar-refractivity contribution in [2.45, 2.75) is 6.54 Å². The lowest BCUT2D eigenvalue weighted by Crippen LogP contribution is -2.19. The predicted molar refractivity (Wildman–Crippen MR) is 111 cm³/mol. The number of hydrogen-bond donors (Lipinski definition) is 2. The van der Waals surface area contributed by atoms with E-state index in [1.807, 2.05) is 0 Å². The van der Waals surface area contributed by atoms with E-state index in [1.165, 1.54) is 47.3 Å². The largest absolute Gasteiger partial charge is 0.332 e. The molecule has 28 heavy (non-hydrogen) atoms. The average molecular weight is 440 g/mol. The molecule has 0 bridgehead atoms. The maximum atomic E-state index is 13.9. The molecule has 0 amide bonds. The third kappa shape index (κ3) is 4.75. The van der Waals surface area contributed by atoms with Gasteiger partial charge < -0.3 is 10.6 Å². The average Bonchev–Trinajstić information content (AvgIpc) is 2.98. The van der Waals surface area contributed by atoms with Crippen molar-refractivity contribution in [1.82, 2.24) is 9.78 Å². The Hall–Kier alpha value is -2.75. The smallest absolute Gasteiger partial charge is 0.269 e. The number of benzene rings is 2. The second-order valence-corrected chi connectivity index (χ2v) is 6.83. The number of rotatable bonds is 5. The van der Waals surface area contributed by atoms with Crippen molar-refractivity contribution in [3.05, 3.63) is 80.2 Å². The summed E-state index contributed by atoms with van der Waals surface area (Å²) in [5.41, 5.74) is 0.816. The van der Waals surface area contributed by atoms with Gasteiger partial charge in [0, 0.05) is 34.6 Å². The number of nitro groups is 1. The Morgan fingerprint density at radius 3 is 2.54 bits per heavy atom. The molecule has 2 N–H and O–H groups in total. The van der Waals surface area contributed by atoms with Gasteiger partial charge in [-0.05, 0) is 36.5 Å². The van der Waals surface area contributed by atoms with Crippen LogP contribution in [0.25, 0.3) is 0 Å². The summed E-state index contributed by atoms with van der Waals surface area (Å²) in [5, 5.41) is 21.4. The first kappa shape index (κ1) is 20.0. The number of aromatic nitrogens is 2. The molecule has 1 aromatic heterocycles. The number of nitrogens with zero attached hydrogens (tertiary/aromatic N) is 3. The quantitative estimate of drug-likeness (QED) is 0.327. The number of hydrogen-bond acceptors (Lipinski definition) is 4. The Kier molecular flexibility index (Phi) is 6.08.